The van der Waals surface area contributed by atoms with Crippen LogP contribution in [0.25, 0.3) is 5.52 Å². The summed E-state index contributed by atoms with van der Waals surface area (Å²) in [6.45, 7) is 0.732. The van der Waals surface area contributed by atoms with Gasteiger partial charge in [0.05, 0.1) is 11.7 Å². The second kappa shape index (κ2) is 3.53. The zero-order valence-corrected chi connectivity index (χ0v) is 7.35. The Bertz CT molecular complexity index is 393. The summed E-state index contributed by atoms with van der Waals surface area (Å²) in [5, 5.41) is 7.73. The van der Waals surface area contributed by atoms with Crippen LogP contribution in [0.4, 0.5) is 0 Å². The average molecular weight is 176 g/mol. The summed E-state index contributed by atoms with van der Waals surface area (Å²) < 4.78 is 1.78. The van der Waals surface area contributed by atoms with Gasteiger partial charge in [-0.2, -0.15) is 0 Å². The minimum absolute atomic E-state index is 0.732. The Balaban J connectivity index is 2.26. The first-order chi connectivity index (χ1) is 6.40. The van der Waals surface area contributed by atoms with Crippen molar-refractivity contribution in [1.29, 1.82) is 0 Å². The molecule has 4 heteroatoms. The first-order valence-corrected chi connectivity index (χ1v) is 4.39. The third-order valence-electron chi connectivity index (χ3n) is 2.03. The van der Waals surface area contributed by atoms with Crippen LogP contribution in [0.2, 0.25) is 0 Å². The molecule has 0 aliphatic rings. The van der Waals surface area contributed by atoms with Crippen LogP contribution in [0.3, 0.4) is 0 Å². The molecule has 0 spiro atoms. The topological polar surface area (TPSA) is 56.2 Å². The molecule has 2 N–H and O–H groups in total. The van der Waals surface area contributed by atoms with Gasteiger partial charge in [-0.3, -0.25) is 0 Å². The number of aromatic nitrogens is 3. The first kappa shape index (κ1) is 8.19. The molecule has 0 fully saturated rings. The molecule has 4 nitrogen and oxygen atoms in total. The number of fused-ring (bicyclic) bond motifs is 1. The molecule has 0 saturated heterocycles. The Hall–Kier alpha value is -1.42. The van der Waals surface area contributed by atoms with E-state index in [2.05, 4.69) is 16.4 Å². The maximum Gasteiger partial charge on any atom is 0.0865 e. The fourth-order valence-electron chi connectivity index (χ4n) is 1.32. The summed E-state index contributed by atoms with van der Waals surface area (Å²) in [6, 6.07) is 4.11. The van der Waals surface area contributed by atoms with E-state index in [4.69, 9.17) is 5.73 Å². The minimum Gasteiger partial charge on any atom is -0.330 e. The fraction of sp³-hybridized carbons (Fsp3) is 0.333. The third-order valence-corrected chi connectivity index (χ3v) is 2.03. The van der Waals surface area contributed by atoms with Gasteiger partial charge in [-0.1, -0.05) is 11.3 Å². The number of hydrogen-bond acceptors (Lipinski definition) is 3. The van der Waals surface area contributed by atoms with Crippen LogP contribution in [0.1, 0.15) is 12.0 Å². The van der Waals surface area contributed by atoms with E-state index in [0.29, 0.717) is 0 Å². The average Bonchev–Trinajstić information content (AvgIpc) is 2.61. The Kier molecular flexibility index (Phi) is 2.23. The van der Waals surface area contributed by atoms with Crippen molar-refractivity contribution in [2.75, 3.05) is 6.54 Å². The third kappa shape index (κ3) is 1.67. The standard InChI is InChI=1S/C9H12N4/c10-5-1-2-8-3-4-9-6-11-12-13(9)7-8/h3-4,6-7H,1-2,5,10H2. The van der Waals surface area contributed by atoms with Gasteiger partial charge in [0.1, 0.15) is 0 Å². The van der Waals surface area contributed by atoms with E-state index >= 15 is 0 Å². The highest BCUT2D eigenvalue weighted by Crippen LogP contribution is 2.05. The highest BCUT2D eigenvalue weighted by molar-refractivity contribution is 5.43. The van der Waals surface area contributed by atoms with Crippen molar-refractivity contribution in [3.8, 4) is 0 Å². The summed E-state index contributed by atoms with van der Waals surface area (Å²) in [5.74, 6) is 0. The van der Waals surface area contributed by atoms with Crippen molar-refractivity contribution >= 4 is 5.52 Å². The normalized spacial score (nSPS) is 10.8. The van der Waals surface area contributed by atoms with Crippen molar-refractivity contribution in [1.82, 2.24) is 14.8 Å². The molecule has 0 amide bonds. The second-order valence-electron chi connectivity index (χ2n) is 3.03. The molecular weight excluding hydrogens is 164 g/mol. The summed E-state index contributed by atoms with van der Waals surface area (Å²) in [6.07, 6.45) is 5.76. The maximum atomic E-state index is 5.43. The molecule has 0 atom stereocenters. The zero-order valence-electron chi connectivity index (χ0n) is 7.35. The smallest absolute Gasteiger partial charge is 0.0865 e. The lowest BCUT2D eigenvalue weighted by molar-refractivity contribution is 0.804. The molecule has 0 aliphatic carbocycles. The van der Waals surface area contributed by atoms with Crippen LogP contribution in [-0.2, 0) is 6.42 Å². The summed E-state index contributed by atoms with van der Waals surface area (Å²) in [4.78, 5) is 0. The highest BCUT2D eigenvalue weighted by Gasteiger charge is 1.96. The van der Waals surface area contributed by atoms with Gasteiger partial charge in [0, 0.05) is 6.20 Å². The van der Waals surface area contributed by atoms with Crippen LogP contribution in [0, 0.1) is 0 Å². The van der Waals surface area contributed by atoms with E-state index < -0.39 is 0 Å². The predicted molar refractivity (Wildman–Crippen MR) is 50.4 cm³/mol. The van der Waals surface area contributed by atoms with Crippen molar-refractivity contribution in [2.45, 2.75) is 12.8 Å². The molecule has 0 aromatic carbocycles. The molecule has 2 aromatic heterocycles. The number of aryl methyl sites for hydroxylation is 1. The monoisotopic (exact) mass is 176 g/mol. The summed E-state index contributed by atoms with van der Waals surface area (Å²) in [7, 11) is 0. The Morgan fingerprint density at radius 1 is 1.38 bits per heavy atom. The lowest BCUT2D eigenvalue weighted by Gasteiger charge is -1.99. The molecule has 2 rings (SSSR count). The molecule has 2 aromatic rings. The zero-order chi connectivity index (χ0) is 9.10. The van der Waals surface area contributed by atoms with Gasteiger partial charge in [0.2, 0.25) is 0 Å². The number of pyridine rings is 1. The van der Waals surface area contributed by atoms with Crippen molar-refractivity contribution < 1.29 is 0 Å². The Labute approximate surface area is 76.4 Å². The molecule has 13 heavy (non-hydrogen) atoms. The van der Waals surface area contributed by atoms with Gasteiger partial charge in [-0.15, -0.1) is 5.10 Å². The SMILES string of the molecule is NCCCc1ccc2cnnn2c1. The summed E-state index contributed by atoms with van der Waals surface area (Å²) >= 11 is 0. The van der Waals surface area contributed by atoms with E-state index in [0.717, 1.165) is 24.9 Å². The van der Waals surface area contributed by atoms with Gasteiger partial charge in [-0.25, -0.2) is 4.52 Å². The van der Waals surface area contributed by atoms with Gasteiger partial charge in [0.15, 0.2) is 0 Å². The molecular formula is C9H12N4. The molecule has 0 unspecified atom stereocenters. The fourth-order valence-corrected chi connectivity index (χ4v) is 1.32. The van der Waals surface area contributed by atoms with E-state index in [1.54, 1.807) is 10.7 Å². The molecule has 0 aliphatic heterocycles. The van der Waals surface area contributed by atoms with Crippen LogP contribution in [0.5, 0.6) is 0 Å². The summed E-state index contributed by atoms with van der Waals surface area (Å²) in [5.41, 5.74) is 7.71. The lowest BCUT2D eigenvalue weighted by Crippen LogP contribution is -2.01. The lowest BCUT2D eigenvalue weighted by atomic mass is 10.1. The quantitative estimate of drug-likeness (QED) is 0.745. The maximum absolute atomic E-state index is 5.43. The Morgan fingerprint density at radius 3 is 3.15 bits per heavy atom. The van der Waals surface area contributed by atoms with Crippen molar-refractivity contribution in [3.63, 3.8) is 0 Å². The largest absolute Gasteiger partial charge is 0.330 e. The van der Waals surface area contributed by atoms with Crippen molar-refractivity contribution in [3.05, 3.63) is 30.1 Å². The number of nitrogens with two attached hydrogens (primary N) is 1. The van der Waals surface area contributed by atoms with Crippen LogP contribution in [-0.4, -0.2) is 21.4 Å². The van der Waals surface area contributed by atoms with Crippen LogP contribution in [0.15, 0.2) is 24.5 Å². The highest BCUT2D eigenvalue weighted by atomic mass is 15.4. The van der Waals surface area contributed by atoms with Gasteiger partial charge in [-0.05, 0) is 31.0 Å². The molecule has 0 bridgehead atoms. The Morgan fingerprint density at radius 2 is 2.31 bits per heavy atom. The molecule has 0 saturated carbocycles. The van der Waals surface area contributed by atoms with Crippen LogP contribution >= 0.6 is 0 Å². The molecule has 68 valence electrons. The van der Waals surface area contributed by atoms with E-state index in [9.17, 15) is 0 Å². The number of hydrogen-bond donors (Lipinski definition) is 1. The number of rotatable bonds is 3. The van der Waals surface area contributed by atoms with Gasteiger partial charge >= 0.3 is 0 Å². The van der Waals surface area contributed by atoms with Gasteiger partial charge in [0.25, 0.3) is 0 Å². The van der Waals surface area contributed by atoms with E-state index in [1.165, 1.54) is 5.56 Å². The van der Waals surface area contributed by atoms with E-state index in [1.807, 2.05) is 12.3 Å². The number of nitrogens with zero attached hydrogens (tertiary/aromatic N) is 3. The van der Waals surface area contributed by atoms with Crippen molar-refractivity contribution in [2.24, 2.45) is 5.73 Å². The van der Waals surface area contributed by atoms with Crippen LogP contribution < -0.4 is 5.73 Å². The molecule has 0 radical (unpaired) electrons. The second-order valence-corrected chi connectivity index (χ2v) is 3.03. The van der Waals surface area contributed by atoms with E-state index in [-0.39, 0.29) is 0 Å². The first-order valence-electron chi connectivity index (χ1n) is 4.39. The molecule has 2 heterocycles. The minimum atomic E-state index is 0.732. The van der Waals surface area contributed by atoms with Gasteiger partial charge < -0.3 is 5.73 Å². The predicted octanol–water partition coefficient (Wildman–Crippen LogP) is 0.621.